The Morgan fingerprint density at radius 3 is 2.51 bits per heavy atom. The minimum absolute atomic E-state index is 0. The van der Waals surface area contributed by atoms with Crippen LogP contribution in [-0.2, 0) is 0 Å². The smallest absolute Gasteiger partial charge is 0.171 e. The molecule has 5 nitrogen and oxygen atoms in total. The molecule has 1 saturated carbocycles. The first kappa shape index (κ1) is 29.2. The van der Waals surface area contributed by atoms with Gasteiger partial charge in [-0.2, -0.15) is 0 Å². The van der Waals surface area contributed by atoms with E-state index in [4.69, 9.17) is 11.6 Å². The number of anilines is 1. The maximum atomic E-state index is 14.3. The molecule has 0 radical (unpaired) electrons. The van der Waals surface area contributed by atoms with Gasteiger partial charge in [-0.25, -0.2) is 4.39 Å². The van der Waals surface area contributed by atoms with E-state index >= 15 is 0 Å². The SMILES string of the molecule is CN(C)C1CCCCC1(C)Nc1c(C(=O)C(C)(C)C)cnc2ccc(-c3cc(F)c(O)c(Cl)c3)cc12.Cl. The molecule has 2 atom stereocenters. The quantitative estimate of drug-likeness (QED) is 0.320. The van der Waals surface area contributed by atoms with Gasteiger partial charge < -0.3 is 15.3 Å². The summed E-state index contributed by atoms with van der Waals surface area (Å²) >= 11 is 6.06. The zero-order chi connectivity index (χ0) is 26.4. The molecule has 3 aromatic rings. The number of nitrogens with one attached hydrogen (secondary N) is 1. The minimum Gasteiger partial charge on any atom is -0.504 e. The number of rotatable bonds is 5. The van der Waals surface area contributed by atoms with Crippen LogP contribution in [-0.4, -0.2) is 46.4 Å². The molecule has 0 saturated heterocycles. The Bertz CT molecular complexity index is 1300. The number of hydrogen-bond donors (Lipinski definition) is 2. The fourth-order valence-corrected chi connectivity index (χ4v) is 5.60. The van der Waals surface area contributed by atoms with Crippen LogP contribution < -0.4 is 5.32 Å². The van der Waals surface area contributed by atoms with E-state index in [2.05, 4.69) is 36.2 Å². The first-order valence-corrected chi connectivity index (χ1v) is 12.8. The van der Waals surface area contributed by atoms with E-state index in [1.807, 2.05) is 39.0 Å². The highest BCUT2D eigenvalue weighted by molar-refractivity contribution is 6.32. The van der Waals surface area contributed by atoms with Crippen LogP contribution in [0.3, 0.4) is 0 Å². The van der Waals surface area contributed by atoms with Gasteiger partial charge in [0.05, 0.1) is 27.3 Å². The summed E-state index contributed by atoms with van der Waals surface area (Å²) in [6.45, 7) is 7.96. The number of ketones is 1. The topological polar surface area (TPSA) is 65.5 Å². The van der Waals surface area contributed by atoms with E-state index in [9.17, 15) is 14.3 Å². The van der Waals surface area contributed by atoms with Crippen molar-refractivity contribution in [3.05, 3.63) is 52.9 Å². The summed E-state index contributed by atoms with van der Waals surface area (Å²) < 4.78 is 14.3. The van der Waals surface area contributed by atoms with Gasteiger partial charge in [-0.1, -0.05) is 51.3 Å². The first-order chi connectivity index (χ1) is 16.8. The van der Waals surface area contributed by atoms with Gasteiger partial charge in [0.2, 0.25) is 0 Å². The number of benzene rings is 2. The number of pyridine rings is 1. The van der Waals surface area contributed by atoms with E-state index in [1.165, 1.54) is 18.6 Å². The molecule has 0 aliphatic heterocycles. The van der Waals surface area contributed by atoms with Crippen molar-refractivity contribution in [1.29, 1.82) is 0 Å². The van der Waals surface area contributed by atoms with Gasteiger partial charge in [-0.3, -0.25) is 9.78 Å². The van der Waals surface area contributed by atoms with Gasteiger partial charge in [0.15, 0.2) is 17.3 Å². The van der Waals surface area contributed by atoms with E-state index < -0.39 is 17.0 Å². The van der Waals surface area contributed by atoms with Gasteiger partial charge >= 0.3 is 0 Å². The third-order valence-electron chi connectivity index (χ3n) is 7.34. The first-order valence-electron chi connectivity index (χ1n) is 12.4. The zero-order valence-electron chi connectivity index (χ0n) is 22.3. The third kappa shape index (κ3) is 5.71. The highest BCUT2D eigenvalue weighted by atomic mass is 35.5. The number of aromatic nitrogens is 1. The van der Waals surface area contributed by atoms with Crippen molar-refractivity contribution in [2.75, 3.05) is 19.4 Å². The lowest BCUT2D eigenvalue weighted by molar-refractivity contribution is 0.0858. The van der Waals surface area contributed by atoms with E-state index in [0.717, 1.165) is 35.9 Å². The summed E-state index contributed by atoms with van der Waals surface area (Å²) in [5.74, 6) is -1.35. The Kier molecular flexibility index (Phi) is 8.47. The van der Waals surface area contributed by atoms with Crippen molar-refractivity contribution in [3.8, 4) is 16.9 Å². The number of Topliss-reactive ketones (excluding diaryl/α,β-unsaturated/α-hetero) is 1. The predicted molar refractivity (Wildman–Crippen MR) is 153 cm³/mol. The van der Waals surface area contributed by atoms with Crippen LogP contribution in [0, 0.1) is 11.2 Å². The Morgan fingerprint density at radius 1 is 1.19 bits per heavy atom. The summed E-state index contributed by atoms with van der Waals surface area (Å²) in [4.78, 5) is 20.5. The van der Waals surface area contributed by atoms with E-state index in [0.29, 0.717) is 22.7 Å². The Labute approximate surface area is 229 Å². The predicted octanol–water partition coefficient (Wildman–Crippen LogP) is 7.73. The number of phenols is 1. The van der Waals surface area contributed by atoms with Crippen molar-refractivity contribution >= 4 is 46.4 Å². The molecular weight excluding hydrogens is 512 g/mol. The molecule has 1 aromatic heterocycles. The lowest BCUT2D eigenvalue weighted by Gasteiger charge is -2.46. The molecule has 2 unspecified atom stereocenters. The van der Waals surface area contributed by atoms with Gasteiger partial charge in [-0.05, 0) is 69.3 Å². The number of halogens is 3. The maximum absolute atomic E-state index is 14.3. The highest BCUT2D eigenvalue weighted by Crippen LogP contribution is 2.40. The maximum Gasteiger partial charge on any atom is 0.171 e. The van der Waals surface area contributed by atoms with Gasteiger partial charge in [0, 0.05) is 23.0 Å². The van der Waals surface area contributed by atoms with Crippen LogP contribution >= 0.6 is 24.0 Å². The molecule has 1 aliphatic carbocycles. The average molecular weight is 549 g/mol. The van der Waals surface area contributed by atoms with E-state index in [1.54, 1.807) is 6.20 Å². The summed E-state index contributed by atoms with van der Waals surface area (Å²) in [7, 11) is 4.20. The molecule has 2 N–H and O–H groups in total. The van der Waals surface area contributed by atoms with Gasteiger partial charge in [0.25, 0.3) is 0 Å². The molecule has 8 heteroatoms. The average Bonchev–Trinajstić information content (AvgIpc) is 2.81. The fraction of sp³-hybridized carbons (Fsp3) is 0.448. The Hall–Kier alpha value is -2.41. The van der Waals surface area contributed by atoms with Crippen LogP contribution in [0.4, 0.5) is 10.1 Å². The van der Waals surface area contributed by atoms with Gasteiger partial charge in [-0.15, -0.1) is 12.4 Å². The standard InChI is InChI=1S/C29H35ClFN3O2.ClH/c1-28(2,3)27(36)20-16-32-23-11-10-17(18-14-21(30)26(35)22(31)15-18)13-19(23)25(20)33-29(4)12-8-7-9-24(29)34(5)6;/h10-11,13-16,24,35H,7-9,12H2,1-6H3,(H,32,33);1H. The van der Waals surface area contributed by atoms with Crippen molar-refractivity contribution in [3.63, 3.8) is 0 Å². The Morgan fingerprint density at radius 2 is 1.89 bits per heavy atom. The summed E-state index contributed by atoms with van der Waals surface area (Å²) in [5.41, 5.74) is 2.43. The lowest BCUT2D eigenvalue weighted by Crippen LogP contribution is -2.55. The second kappa shape index (κ2) is 10.8. The lowest BCUT2D eigenvalue weighted by atomic mass is 9.77. The number of phenolic OH excluding ortho intramolecular Hbond substituents is 1. The highest BCUT2D eigenvalue weighted by Gasteiger charge is 2.39. The molecule has 0 bridgehead atoms. The molecule has 2 aromatic carbocycles. The number of aromatic hydroxyl groups is 1. The number of fused-ring (bicyclic) bond motifs is 1. The molecule has 1 fully saturated rings. The molecule has 1 heterocycles. The molecule has 37 heavy (non-hydrogen) atoms. The van der Waals surface area contributed by atoms with E-state index in [-0.39, 0.29) is 28.8 Å². The van der Waals surface area contributed by atoms with Gasteiger partial charge in [0.1, 0.15) is 0 Å². The monoisotopic (exact) mass is 547 g/mol. The zero-order valence-corrected chi connectivity index (χ0v) is 23.9. The molecule has 4 rings (SSSR count). The number of nitrogens with zero attached hydrogens (tertiary/aromatic N) is 2. The fourth-order valence-electron chi connectivity index (χ4n) is 5.39. The summed E-state index contributed by atoms with van der Waals surface area (Å²) in [6.07, 6.45) is 5.99. The minimum atomic E-state index is -0.783. The summed E-state index contributed by atoms with van der Waals surface area (Å²) in [6, 6.07) is 8.72. The second-order valence-corrected chi connectivity index (χ2v) is 11.8. The molecule has 0 spiro atoms. The van der Waals surface area contributed by atoms with Crippen molar-refractivity contribution < 1.29 is 14.3 Å². The van der Waals surface area contributed by atoms with Crippen LogP contribution in [0.15, 0.2) is 36.5 Å². The van der Waals surface area contributed by atoms with Crippen LogP contribution in [0.2, 0.25) is 5.02 Å². The van der Waals surface area contributed by atoms with Crippen molar-refractivity contribution in [2.45, 2.75) is 65.0 Å². The number of hydrogen-bond acceptors (Lipinski definition) is 5. The van der Waals surface area contributed by atoms with Crippen molar-refractivity contribution in [1.82, 2.24) is 9.88 Å². The molecular formula is C29H36Cl2FN3O2. The van der Waals surface area contributed by atoms with Crippen molar-refractivity contribution in [2.24, 2.45) is 5.41 Å². The largest absolute Gasteiger partial charge is 0.504 e. The molecule has 0 amide bonds. The number of likely N-dealkylation sites (N-methyl/N-ethyl adjacent to an activating group) is 1. The van der Waals surface area contributed by atoms with Crippen LogP contribution in [0.25, 0.3) is 22.0 Å². The Balaban J connectivity index is 0.00000380. The second-order valence-electron chi connectivity index (χ2n) is 11.4. The molecule has 200 valence electrons. The number of carbonyl (C=O) groups excluding carboxylic acids is 1. The third-order valence-corrected chi connectivity index (χ3v) is 7.63. The number of carbonyl (C=O) groups is 1. The van der Waals surface area contributed by atoms with Crippen LogP contribution in [0.1, 0.15) is 63.7 Å². The normalized spacial score (nSPS) is 20.1. The molecule has 1 aliphatic rings. The summed E-state index contributed by atoms with van der Waals surface area (Å²) in [5, 5.41) is 14.3. The van der Waals surface area contributed by atoms with Crippen LogP contribution in [0.5, 0.6) is 5.75 Å².